The Morgan fingerprint density at radius 2 is 1.84 bits per heavy atom. The van der Waals surface area contributed by atoms with E-state index in [0.29, 0.717) is 32.8 Å². The molecule has 0 aliphatic heterocycles. The maximum Gasteiger partial charge on any atom is 0.307 e. The van der Waals surface area contributed by atoms with Crippen LogP contribution < -0.4 is 10.1 Å². The average Bonchev–Trinajstić information content (AvgIpc) is 2.79. The van der Waals surface area contributed by atoms with Gasteiger partial charge in [-0.1, -0.05) is 59.6 Å². The molecule has 0 fully saturated rings. The van der Waals surface area contributed by atoms with Crippen LogP contribution in [0.4, 0.5) is 5.95 Å². The van der Waals surface area contributed by atoms with Gasteiger partial charge in [-0.25, -0.2) is 9.97 Å². The molecule has 0 radical (unpaired) electrons. The topological polar surface area (TPSA) is 84.3 Å². The van der Waals surface area contributed by atoms with Crippen LogP contribution in [0.25, 0.3) is 33.2 Å². The van der Waals surface area contributed by atoms with Crippen molar-refractivity contribution in [1.29, 1.82) is 0 Å². The molecule has 8 heteroatoms. The van der Waals surface area contributed by atoms with Crippen LogP contribution in [0.15, 0.2) is 54.7 Å². The van der Waals surface area contributed by atoms with Crippen molar-refractivity contribution in [3.8, 4) is 28.0 Å². The first kappa shape index (κ1) is 21.9. The van der Waals surface area contributed by atoms with E-state index in [9.17, 15) is 4.79 Å². The van der Waals surface area contributed by atoms with Gasteiger partial charge in [0, 0.05) is 29.8 Å². The normalized spacial score (nSPS) is 10.9. The van der Waals surface area contributed by atoms with Gasteiger partial charge in [0.05, 0.1) is 23.6 Å². The fourth-order valence-electron chi connectivity index (χ4n) is 3.62. The predicted molar refractivity (Wildman–Crippen MR) is 128 cm³/mol. The molecule has 4 rings (SSSR count). The number of carboxylic acids is 1. The molecule has 0 unspecified atom stereocenters. The van der Waals surface area contributed by atoms with E-state index in [0.717, 1.165) is 27.6 Å². The lowest BCUT2D eigenvalue weighted by atomic mass is 9.94. The van der Waals surface area contributed by atoms with E-state index in [4.69, 9.17) is 33.0 Å². The van der Waals surface area contributed by atoms with Gasteiger partial charge in [-0.2, -0.15) is 0 Å². The van der Waals surface area contributed by atoms with Crippen molar-refractivity contribution in [3.63, 3.8) is 0 Å². The number of fused-ring (bicyclic) bond motifs is 1. The average molecular weight is 468 g/mol. The van der Waals surface area contributed by atoms with E-state index in [-0.39, 0.29) is 6.42 Å². The Labute approximate surface area is 194 Å². The summed E-state index contributed by atoms with van der Waals surface area (Å²) >= 11 is 12.8. The van der Waals surface area contributed by atoms with Crippen LogP contribution in [0.2, 0.25) is 10.0 Å². The van der Waals surface area contributed by atoms with Gasteiger partial charge >= 0.3 is 5.97 Å². The first-order valence-electron chi connectivity index (χ1n) is 9.74. The zero-order valence-electron chi connectivity index (χ0n) is 17.3. The Balaban J connectivity index is 2.02. The summed E-state index contributed by atoms with van der Waals surface area (Å²) in [5.41, 5.74) is 4.51. The van der Waals surface area contributed by atoms with E-state index in [1.807, 2.05) is 30.3 Å². The van der Waals surface area contributed by atoms with E-state index >= 15 is 0 Å². The summed E-state index contributed by atoms with van der Waals surface area (Å²) in [7, 11) is 3.33. The zero-order valence-corrected chi connectivity index (χ0v) is 18.8. The molecule has 1 heterocycles. The molecule has 4 aromatic rings. The summed E-state index contributed by atoms with van der Waals surface area (Å²) in [6, 6.07) is 14.7. The van der Waals surface area contributed by atoms with Crippen molar-refractivity contribution in [3.05, 3.63) is 70.3 Å². The minimum atomic E-state index is -0.879. The van der Waals surface area contributed by atoms with Crippen LogP contribution in [0, 0.1) is 0 Å². The van der Waals surface area contributed by atoms with Crippen LogP contribution in [0.3, 0.4) is 0 Å². The number of ether oxygens (including phenoxy) is 1. The highest BCUT2D eigenvalue weighted by atomic mass is 35.5. The highest BCUT2D eigenvalue weighted by Gasteiger charge is 2.20. The van der Waals surface area contributed by atoms with Gasteiger partial charge in [0.2, 0.25) is 5.95 Å². The van der Waals surface area contributed by atoms with Gasteiger partial charge in [0.1, 0.15) is 5.52 Å². The summed E-state index contributed by atoms with van der Waals surface area (Å²) < 4.78 is 5.78. The van der Waals surface area contributed by atoms with Crippen molar-refractivity contribution in [2.24, 2.45) is 0 Å². The lowest BCUT2D eigenvalue weighted by molar-refractivity contribution is -0.136. The number of carbonyl (C=O) groups is 1. The molecule has 2 N–H and O–H groups in total. The third-order valence-corrected chi connectivity index (χ3v) is 5.94. The number of methoxy groups -OCH3 is 1. The summed E-state index contributed by atoms with van der Waals surface area (Å²) in [6.45, 7) is 0. The Morgan fingerprint density at radius 1 is 1.09 bits per heavy atom. The minimum Gasteiger partial charge on any atom is -0.494 e. The van der Waals surface area contributed by atoms with Crippen LogP contribution in [0.1, 0.15) is 5.56 Å². The number of benzene rings is 3. The third kappa shape index (κ3) is 4.07. The number of rotatable bonds is 6. The van der Waals surface area contributed by atoms with Crippen molar-refractivity contribution in [2.45, 2.75) is 6.42 Å². The standard InChI is InChI=1S/C24H19Cl2N3O3/c1-27-24-28-12-18-17(15-4-3-5-19(25)21(15)26)11-16(23(32-2)22(18)29-24)14-8-6-13(7-9-14)10-20(30)31/h3-9,11-12H,10H2,1-2H3,(H,30,31)(H,27,28,29). The second-order valence-corrected chi connectivity index (χ2v) is 7.86. The highest BCUT2D eigenvalue weighted by molar-refractivity contribution is 6.44. The fraction of sp³-hybridized carbons (Fsp3) is 0.125. The molecule has 0 saturated heterocycles. The van der Waals surface area contributed by atoms with Gasteiger partial charge in [0.25, 0.3) is 0 Å². The second kappa shape index (κ2) is 9.02. The molecule has 0 saturated carbocycles. The van der Waals surface area contributed by atoms with Gasteiger partial charge in [-0.3, -0.25) is 4.79 Å². The Kier molecular flexibility index (Phi) is 6.17. The van der Waals surface area contributed by atoms with Crippen molar-refractivity contribution < 1.29 is 14.6 Å². The summed E-state index contributed by atoms with van der Waals surface area (Å²) in [5.74, 6) is 0.148. The smallest absolute Gasteiger partial charge is 0.307 e. The first-order chi connectivity index (χ1) is 15.4. The summed E-state index contributed by atoms with van der Waals surface area (Å²) in [4.78, 5) is 20.0. The number of nitrogens with zero attached hydrogens (tertiary/aromatic N) is 2. The maximum absolute atomic E-state index is 11.0. The largest absolute Gasteiger partial charge is 0.494 e. The lowest BCUT2D eigenvalue weighted by Gasteiger charge is -2.17. The molecule has 32 heavy (non-hydrogen) atoms. The molecule has 0 aliphatic carbocycles. The highest BCUT2D eigenvalue weighted by Crippen LogP contribution is 2.44. The number of carboxylic acid groups (broad SMARTS) is 1. The first-order valence-corrected chi connectivity index (χ1v) is 10.5. The minimum absolute atomic E-state index is 0.0444. The van der Waals surface area contributed by atoms with Crippen LogP contribution >= 0.6 is 23.2 Å². The number of hydrogen-bond acceptors (Lipinski definition) is 5. The molecular formula is C24H19Cl2N3O3. The van der Waals surface area contributed by atoms with Gasteiger partial charge in [0.15, 0.2) is 5.75 Å². The molecule has 0 bridgehead atoms. The molecule has 6 nitrogen and oxygen atoms in total. The summed E-state index contributed by atoms with van der Waals surface area (Å²) in [5, 5.41) is 13.6. The summed E-state index contributed by atoms with van der Waals surface area (Å²) in [6.07, 6.45) is 1.68. The molecule has 0 amide bonds. The fourth-order valence-corrected chi connectivity index (χ4v) is 4.02. The van der Waals surface area contributed by atoms with Crippen molar-refractivity contribution in [2.75, 3.05) is 19.5 Å². The molecular weight excluding hydrogens is 449 g/mol. The Hall–Kier alpha value is -3.35. The monoisotopic (exact) mass is 467 g/mol. The molecule has 162 valence electrons. The van der Waals surface area contributed by atoms with E-state index in [2.05, 4.69) is 15.3 Å². The van der Waals surface area contributed by atoms with Crippen LogP contribution in [0.5, 0.6) is 5.75 Å². The molecule has 0 atom stereocenters. The number of aliphatic carboxylic acids is 1. The molecule has 0 spiro atoms. The van der Waals surface area contributed by atoms with E-state index < -0.39 is 5.97 Å². The number of aromatic nitrogens is 2. The van der Waals surface area contributed by atoms with Gasteiger partial charge in [-0.05, 0) is 28.8 Å². The lowest BCUT2D eigenvalue weighted by Crippen LogP contribution is -2.01. The Bertz CT molecular complexity index is 1320. The zero-order chi connectivity index (χ0) is 22.8. The quantitative estimate of drug-likeness (QED) is 0.364. The van der Waals surface area contributed by atoms with Crippen molar-refractivity contribution in [1.82, 2.24) is 9.97 Å². The molecule has 3 aromatic carbocycles. The van der Waals surface area contributed by atoms with E-state index in [1.165, 1.54) is 0 Å². The number of hydrogen-bond donors (Lipinski definition) is 2. The third-order valence-electron chi connectivity index (χ3n) is 5.12. The number of halogens is 2. The maximum atomic E-state index is 11.0. The Morgan fingerprint density at radius 3 is 2.50 bits per heavy atom. The molecule has 0 aliphatic rings. The molecule has 1 aromatic heterocycles. The van der Waals surface area contributed by atoms with Gasteiger partial charge in [-0.15, -0.1) is 0 Å². The SMILES string of the molecule is CNc1ncc2c(-c3cccc(Cl)c3Cl)cc(-c3ccc(CC(=O)O)cc3)c(OC)c2n1. The van der Waals surface area contributed by atoms with Gasteiger partial charge < -0.3 is 15.2 Å². The van der Waals surface area contributed by atoms with E-state index in [1.54, 1.807) is 38.6 Å². The number of anilines is 1. The second-order valence-electron chi connectivity index (χ2n) is 7.08. The van der Waals surface area contributed by atoms with Crippen molar-refractivity contribution >= 4 is 46.0 Å². The van der Waals surface area contributed by atoms with Crippen LogP contribution in [-0.4, -0.2) is 35.2 Å². The predicted octanol–water partition coefficient (Wildman–Crippen LogP) is 5.95. The van der Waals surface area contributed by atoms with Crippen LogP contribution in [-0.2, 0) is 11.2 Å². The number of nitrogens with one attached hydrogen (secondary N) is 1.